The molecule has 2 aromatic rings. The lowest BCUT2D eigenvalue weighted by Gasteiger charge is -2.23. The standard InChI is InChI=1S/C20H26FN5O/c21-16-8-6-15(7-9-16)18-23-24-19-17(5-3-14-26(18)19)20(27)22-10-4-13-25-11-1-2-12-25/h6-9,17H,1-5,10-14H2,(H,22,27). The van der Waals surface area contributed by atoms with Crippen molar-refractivity contribution in [1.29, 1.82) is 0 Å². The zero-order valence-electron chi connectivity index (χ0n) is 15.5. The van der Waals surface area contributed by atoms with Gasteiger partial charge in [-0.2, -0.15) is 0 Å². The van der Waals surface area contributed by atoms with E-state index in [1.54, 1.807) is 12.1 Å². The number of benzene rings is 1. The quantitative estimate of drug-likeness (QED) is 0.793. The fourth-order valence-corrected chi connectivity index (χ4v) is 4.08. The number of nitrogens with zero attached hydrogens (tertiary/aromatic N) is 4. The van der Waals surface area contributed by atoms with Crippen LogP contribution in [0.5, 0.6) is 0 Å². The van der Waals surface area contributed by atoms with E-state index in [-0.39, 0.29) is 17.6 Å². The minimum atomic E-state index is -0.275. The molecule has 0 spiro atoms. The number of nitrogens with one attached hydrogen (secondary N) is 1. The lowest BCUT2D eigenvalue weighted by atomic mass is 9.97. The van der Waals surface area contributed by atoms with Crippen molar-refractivity contribution in [2.75, 3.05) is 26.2 Å². The minimum absolute atomic E-state index is 0.0374. The Morgan fingerprint density at radius 1 is 1.11 bits per heavy atom. The summed E-state index contributed by atoms with van der Waals surface area (Å²) in [6.45, 7) is 4.91. The first-order valence-corrected chi connectivity index (χ1v) is 9.91. The fraction of sp³-hybridized carbons (Fsp3) is 0.550. The van der Waals surface area contributed by atoms with Crippen molar-refractivity contribution in [1.82, 2.24) is 25.0 Å². The molecule has 3 heterocycles. The Hall–Kier alpha value is -2.28. The average Bonchev–Trinajstić information content (AvgIpc) is 3.35. The number of hydrogen-bond acceptors (Lipinski definition) is 4. The first-order valence-electron chi connectivity index (χ1n) is 9.91. The summed E-state index contributed by atoms with van der Waals surface area (Å²) in [7, 11) is 0. The topological polar surface area (TPSA) is 63.1 Å². The first-order chi connectivity index (χ1) is 13.2. The van der Waals surface area contributed by atoms with Gasteiger partial charge in [0, 0.05) is 18.7 Å². The molecule has 144 valence electrons. The summed E-state index contributed by atoms with van der Waals surface area (Å²) in [6.07, 6.45) is 5.26. The van der Waals surface area contributed by atoms with Gasteiger partial charge in [-0.05, 0) is 76.0 Å². The normalized spacial score (nSPS) is 19.8. The van der Waals surface area contributed by atoms with Crippen LogP contribution in [0.4, 0.5) is 4.39 Å². The summed E-state index contributed by atoms with van der Waals surface area (Å²) in [5.41, 5.74) is 0.821. The van der Waals surface area contributed by atoms with Crippen molar-refractivity contribution in [3.8, 4) is 11.4 Å². The number of hydrogen-bond donors (Lipinski definition) is 1. The smallest absolute Gasteiger partial charge is 0.230 e. The van der Waals surface area contributed by atoms with Gasteiger partial charge in [0.25, 0.3) is 0 Å². The maximum Gasteiger partial charge on any atom is 0.230 e. The lowest BCUT2D eigenvalue weighted by molar-refractivity contribution is -0.123. The van der Waals surface area contributed by atoms with E-state index in [0.717, 1.165) is 43.7 Å². The third-order valence-corrected chi connectivity index (χ3v) is 5.53. The van der Waals surface area contributed by atoms with Crippen molar-refractivity contribution < 1.29 is 9.18 Å². The van der Waals surface area contributed by atoms with Crippen molar-refractivity contribution in [3.63, 3.8) is 0 Å². The molecule has 1 aromatic carbocycles. The summed E-state index contributed by atoms with van der Waals surface area (Å²) in [5.74, 6) is 0.931. The van der Waals surface area contributed by atoms with Crippen LogP contribution in [0.25, 0.3) is 11.4 Å². The minimum Gasteiger partial charge on any atom is -0.355 e. The highest BCUT2D eigenvalue weighted by Crippen LogP contribution is 2.30. The zero-order chi connectivity index (χ0) is 18.6. The number of halogens is 1. The van der Waals surface area contributed by atoms with Gasteiger partial charge >= 0.3 is 0 Å². The highest BCUT2D eigenvalue weighted by molar-refractivity contribution is 5.83. The molecule has 1 fully saturated rings. The van der Waals surface area contributed by atoms with Gasteiger partial charge < -0.3 is 14.8 Å². The molecule has 0 bridgehead atoms. The first kappa shape index (κ1) is 18.1. The number of amides is 1. The van der Waals surface area contributed by atoms with E-state index < -0.39 is 0 Å². The van der Waals surface area contributed by atoms with Gasteiger partial charge in [0.15, 0.2) is 5.82 Å². The van der Waals surface area contributed by atoms with Gasteiger partial charge in [-0.15, -0.1) is 10.2 Å². The Morgan fingerprint density at radius 3 is 2.67 bits per heavy atom. The SMILES string of the molecule is O=C(NCCCN1CCCC1)C1CCCn2c(-c3ccc(F)cc3)nnc21. The summed E-state index contributed by atoms with van der Waals surface area (Å²) in [4.78, 5) is 15.1. The molecule has 1 saturated heterocycles. The van der Waals surface area contributed by atoms with Gasteiger partial charge in [0.2, 0.25) is 5.91 Å². The highest BCUT2D eigenvalue weighted by Gasteiger charge is 2.30. The molecule has 2 aliphatic heterocycles. The molecule has 4 rings (SSSR count). The van der Waals surface area contributed by atoms with Crippen LogP contribution in [0.2, 0.25) is 0 Å². The number of carbonyl (C=O) groups excluding carboxylic acids is 1. The predicted octanol–water partition coefficient (Wildman–Crippen LogP) is 2.56. The van der Waals surface area contributed by atoms with Gasteiger partial charge in [-0.25, -0.2) is 4.39 Å². The summed E-state index contributed by atoms with van der Waals surface area (Å²) in [6, 6.07) is 6.25. The second-order valence-corrected chi connectivity index (χ2v) is 7.43. The summed E-state index contributed by atoms with van der Waals surface area (Å²) < 4.78 is 15.2. The number of likely N-dealkylation sites (tertiary alicyclic amines) is 1. The Labute approximate surface area is 158 Å². The van der Waals surface area contributed by atoms with Crippen LogP contribution in [0, 0.1) is 5.82 Å². The van der Waals surface area contributed by atoms with Gasteiger partial charge in [0.05, 0.1) is 5.92 Å². The average molecular weight is 371 g/mol. The summed E-state index contributed by atoms with van der Waals surface area (Å²) >= 11 is 0. The maximum atomic E-state index is 13.2. The van der Waals surface area contributed by atoms with Crippen LogP contribution in [0.15, 0.2) is 24.3 Å². The third-order valence-electron chi connectivity index (χ3n) is 5.53. The van der Waals surface area contributed by atoms with Crippen LogP contribution in [0.1, 0.15) is 43.8 Å². The van der Waals surface area contributed by atoms with Crippen LogP contribution in [-0.4, -0.2) is 51.8 Å². The number of aromatic nitrogens is 3. The number of carbonyl (C=O) groups is 1. The van der Waals surface area contributed by atoms with Crippen molar-refractivity contribution in [2.24, 2.45) is 0 Å². The molecular formula is C20H26FN5O. The molecule has 7 heteroatoms. The molecule has 6 nitrogen and oxygen atoms in total. The molecule has 1 N–H and O–H groups in total. The van der Waals surface area contributed by atoms with E-state index in [4.69, 9.17) is 0 Å². The Bertz CT molecular complexity index is 782. The molecule has 0 radical (unpaired) electrons. The van der Waals surface area contributed by atoms with Crippen LogP contribution < -0.4 is 5.32 Å². The predicted molar refractivity (Wildman–Crippen MR) is 101 cm³/mol. The maximum absolute atomic E-state index is 13.2. The van der Waals surface area contributed by atoms with E-state index in [9.17, 15) is 9.18 Å². The molecule has 0 saturated carbocycles. The zero-order valence-corrected chi connectivity index (χ0v) is 15.5. The second-order valence-electron chi connectivity index (χ2n) is 7.43. The molecule has 1 amide bonds. The van der Waals surface area contributed by atoms with E-state index in [1.165, 1.54) is 38.1 Å². The van der Waals surface area contributed by atoms with Gasteiger partial charge in [0.1, 0.15) is 11.6 Å². The van der Waals surface area contributed by atoms with Crippen molar-refractivity contribution >= 4 is 5.91 Å². The molecule has 0 aliphatic carbocycles. The summed E-state index contributed by atoms with van der Waals surface area (Å²) in [5, 5.41) is 11.7. The molecule has 27 heavy (non-hydrogen) atoms. The largest absolute Gasteiger partial charge is 0.355 e. The molecule has 1 aromatic heterocycles. The van der Waals surface area contributed by atoms with Crippen LogP contribution >= 0.6 is 0 Å². The fourth-order valence-electron chi connectivity index (χ4n) is 4.08. The van der Waals surface area contributed by atoms with E-state index in [0.29, 0.717) is 12.4 Å². The molecule has 1 atom stereocenters. The number of fused-ring (bicyclic) bond motifs is 1. The van der Waals surface area contributed by atoms with Crippen LogP contribution in [0.3, 0.4) is 0 Å². The van der Waals surface area contributed by atoms with Crippen LogP contribution in [-0.2, 0) is 11.3 Å². The number of rotatable bonds is 6. The second kappa shape index (κ2) is 8.17. The van der Waals surface area contributed by atoms with Gasteiger partial charge in [-0.1, -0.05) is 0 Å². The van der Waals surface area contributed by atoms with E-state index >= 15 is 0 Å². The Kier molecular flexibility index (Phi) is 5.48. The Balaban J connectivity index is 1.39. The Morgan fingerprint density at radius 2 is 1.89 bits per heavy atom. The van der Waals surface area contributed by atoms with Gasteiger partial charge in [-0.3, -0.25) is 4.79 Å². The van der Waals surface area contributed by atoms with E-state index in [2.05, 4.69) is 20.4 Å². The highest BCUT2D eigenvalue weighted by atomic mass is 19.1. The third kappa shape index (κ3) is 4.03. The molecule has 2 aliphatic rings. The van der Waals surface area contributed by atoms with E-state index in [1.807, 2.05) is 4.57 Å². The van der Waals surface area contributed by atoms with Crippen molar-refractivity contribution in [3.05, 3.63) is 35.9 Å². The van der Waals surface area contributed by atoms with Crippen molar-refractivity contribution in [2.45, 2.75) is 44.6 Å². The molecule has 1 unspecified atom stereocenters. The monoisotopic (exact) mass is 371 g/mol. The lowest BCUT2D eigenvalue weighted by Crippen LogP contribution is -2.35. The molecular weight excluding hydrogens is 345 g/mol.